The number of likely N-dealkylation sites (tertiary alicyclic amines) is 1. The first-order valence-electron chi connectivity index (χ1n) is 8.35. The van der Waals surface area contributed by atoms with Crippen LogP contribution in [0, 0.1) is 6.92 Å². The number of aryl methyl sites for hydroxylation is 1. The molecule has 1 aromatic rings. The highest BCUT2D eigenvalue weighted by Crippen LogP contribution is 2.12. The summed E-state index contributed by atoms with van der Waals surface area (Å²) in [4.78, 5) is 16.5. The molecule has 1 heterocycles. The van der Waals surface area contributed by atoms with Gasteiger partial charge < -0.3 is 15.5 Å². The Labute approximate surface area is 158 Å². The van der Waals surface area contributed by atoms with Crippen LogP contribution in [0.1, 0.15) is 36.8 Å². The van der Waals surface area contributed by atoms with Gasteiger partial charge >= 0.3 is 0 Å². The smallest absolute Gasteiger partial charge is 0.239 e. The van der Waals surface area contributed by atoms with Crippen molar-refractivity contribution in [2.75, 3.05) is 26.7 Å². The molecule has 138 valence electrons. The van der Waals surface area contributed by atoms with Gasteiger partial charge in [-0.1, -0.05) is 24.3 Å². The highest BCUT2D eigenvalue weighted by atomic mass is 35.5. The zero-order valence-corrected chi connectivity index (χ0v) is 16.4. The van der Waals surface area contributed by atoms with E-state index in [9.17, 15) is 4.79 Å². The molecule has 24 heavy (non-hydrogen) atoms. The Morgan fingerprint density at radius 3 is 2.46 bits per heavy atom. The molecule has 6 heteroatoms. The Bertz CT molecular complexity index is 493. The van der Waals surface area contributed by atoms with Crippen LogP contribution in [-0.4, -0.2) is 48.4 Å². The Balaban J connectivity index is 0.00000264. The molecule has 0 aliphatic carbocycles. The molecule has 2 N–H and O–H groups in total. The third-order valence-corrected chi connectivity index (χ3v) is 4.51. The van der Waals surface area contributed by atoms with Crippen molar-refractivity contribution in [2.45, 2.75) is 45.2 Å². The summed E-state index contributed by atoms with van der Waals surface area (Å²) in [6.45, 7) is 5.64. The van der Waals surface area contributed by atoms with Crippen LogP contribution in [0.2, 0.25) is 0 Å². The molecule has 4 nitrogen and oxygen atoms in total. The fourth-order valence-electron chi connectivity index (χ4n) is 2.99. The van der Waals surface area contributed by atoms with Crippen molar-refractivity contribution in [2.24, 2.45) is 5.73 Å². The van der Waals surface area contributed by atoms with E-state index in [4.69, 9.17) is 5.73 Å². The van der Waals surface area contributed by atoms with Crippen molar-refractivity contribution in [3.05, 3.63) is 35.4 Å². The number of halogens is 2. The van der Waals surface area contributed by atoms with E-state index in [0.29, 0.717) is 0 Å². The summed E-state index contributed by atoms with van der Waals surface area (Å²) >= 11 is 0. The topological polar surface area (TPSA) is 49.6 Å². The molecule has 0 bridgehead atoms. The molecule has 1 fully saturated rings. The normalized spacial score (nSPS) is 15.4. The molecule has 0 saturated carbocycles. The molecule has 1 aromatic carbocycles. The van der Waals surface area contributed by atoms with E-state index in [1.807, 2.05) is 4.90 Å². The van der Waals surface area contributed by atoms with Gasteiger partial charge in [0.15, 0.2) is 0 Å². The molecule has 1 amide bonds. The van der Waals surface area contributed by atoms with Gasteiger partial charge in [-0.05, 0) is 50.8 Å². The van der Waals surface area contributed by atoms with E-state index in [0.717, 1.165) is 45.4 Å². The van der Waals surface area contributed by atoms with E-state index in [-0.39, 0.29) is 36.8 Å². The molecule has 0 unspecified atom stereocenters. The molecule has 1 aliphatic heterocycles. The van der Waals surface area contributed by atoms with Crippen LogP contribution in [0.15, 0.2) is 24.3 Å². The van der Waals surface area contributed by atoms with Crippen molar-refractivity contribution in [1.82, 2.24) is 9.80 Å². The lowest BCUT2D eigenvalue weighted by molar-refractivity contribution is -0.133. The zero-order valence-electron chi connectivity index (χ0n) is 14.7. The number of benzene rings is 1. The standard InChI is InChI=1S/C18H29N3O.2ClH/c1-15-8-4-5-9-16(15)14-20(2)13-10-17(19)18(22)21-11-6-3-7-12-21;;/h4-5,8-9,17H,3,6-7,10-14,19H2,1-2H3;2*1H/t17-;;/m0../s1. The number of hydrogen-bond acceptors (Lipinski definition) is 3. The minimum absolute atomic E-state index is 0. The number of rotatable bonds is 6. The Morgan fingerprint density at radius 1 is 1.21 bits per heavy atom. The van der Waals surface area contributed by atoms with Crippen LogP contribution < -0.4 is 5.73 Å². The maximum atomic E-state index is 12.3. The summed E-state index contributed by atoms with van der Waals surface area (Å²) in [6.07, 6.45) is 4.19. The van der Waals surface area contributed by atoms with Crippen molar-refractivity contribution >= 4 is 30.7 Å². The number of nitrogens with two attached hydrogens (primary N) is 1. The van der Waals surface area contributed by atoms with Gasteiger partial charge in [0.25, 0.3) is 0 Å². The van der Waals surface area contributed by atoms with Crippen LogP contribution in [0.25, 0.3) is 0 Å². The van der Waals surface area contributed by atoms with Crippen molar-refractivity contribution < 1.29 is 4.79 Å². The highest BCUT2D eigenvalue weighted by Gasteiger charge is 2.22. The van der Waals surface area contributed by atoms with Crippen LogP contribution in [0.5, 0.6) is 0 Å². The first kappa shape index (κ1) is 23.2. The van der Waals surface area contributed by atoms with Crippen molar-refractivity contribution in [1.29, 1.82) is 0 Å². The van der Waals surface area contributed by atoms with Crippen LogP contribution in [0.4, 0.5) is 0 Å². The summed E-state index contributed by atoms with van der Waals surface area (Å²) in [5.41, 5.74) is 8.74. The summed E-state index contributed by atoms with van der Waals surface area (Å²) in [5, 5.41) is 0. The molecular formula is C18H31Cl2N3O. The van der Waals surface area contributed by atoms with E-state index in [1.165, 1.54) is 17.5 Å². The second-order valence-corrected chi connectivity index (χ2v) is 6.45. The minimum atomic E-state index is -0.363. The van der Waals surface area contributed by atoms with Gasteiger partial charge in [0.05, 0.1) is 6.04 Å². The molecule has 0 aromatic heterocycles. The molecule has 0 radical (unpaired) electrons. The third kappa shape index (κ3) is 6.98. The zero-order chi connectivity index (χ0) is 15.9. The van der Waals surface area contributed by atoms with Crippen molar-refractivity contribution in [3.8, 4) is 0 Å². The third-order valence-electron chi connectivity index (χ3n) is 4.51. The second-order valence-electron chi connectivity index (χ2n) is 6.45. The summed E-state index contributed by atoms with van der Waals surface area (Å²) in [5.74, 6) is 0.129. The van der Waals surface area contributed by atoms with Gasteiger partial charge in [-0.25, -0.2) is 0 Å². The van der Waals surface area contributed by atoms with E-state index >= 15 is 0 Å². The number of carbonyl (C=O) groups is 1. The Kier molecular flexibility index (Phi) is 11.3. The van der Waals surface area contributed by atoms with Gasteiger partial charge in [-0.3, -0.25) is 4.79 Å². The lowest BCUT2D eigenvalue weighted by Crippen LogP contribution is -2.47. The number of nitrogens with zero attached hydrogens (tertiary/aromatic N) is 2. The Morgan fingerprint density at radius 2 is 1.83 bits per heavy atom. The molecular weight excluding hydrogens is 345 g/mol. The summed E-state index contributed by atoms with van der Waals surface area (Å²) < 4.78 is 0. The summed E-state index contributed by atoms with van der Waals surface area (Å²) in [7, 11) is 2.09. The molecule has 0 spiro atoms. The van der Waals surface area contributed by atoms with Crippen LogP contribution >= 0.6 is 24.8 Å². The predicted molar refractivity (Wildman–Crippen MR) is 105 cm³/mol. The maximum Gasteiger partial charge on any atom is 0.239 e. The average molecular weight is 376 g/mol. The molecule has 1 atom stereocenters. The number of amides is 1. The molecule has 1 aliphatic rings. The van der Waals surface area contributed by atoms with Gasteiger partial charge in [0.2, 0.25) is 5.91 Å². The fourth-order valence-corrected chi connectivity index (χ4v) is 2.99. The molecule has 2 rings (SSSR count). The average Bonchev–Trinajstić information content (AvgIpc) is 2.55. The molecule has 1 saturated heterocycles. The number of carbonyl (C=O) groups excluding carboxylic acids is 1. The summed E-state index contributed by atoms with van der Waals surface area (Å²) in [6, 6.07) is 8.06. The first-order valence-corrected chi connectivity index (χ1v) is 8.35. The van der Waals surface area contributed by atoms with Gasteiger partial charge in [0.1, 0.15) is 0 Å². The highest BCUT2D eigenvalue weighted by molar-refractivity contribution is 5.85. The number of piperidine rings is 1. The van der Waals surface area contributed by atoms with Crippen LogP contribution in [0.3, 0.4) is 0 Å². The van der Waals surface area contributed by atoms with Crippen LogP contribution in [-0.2, 0) is 11.3 Å². The first-order chi connectivity index (χ1) is 10.6. The second kappa shape index (κ2) is 11.7. The monoisotopic (exact) mass is 375 g/mol. The Hall–Kier alpha value is -0.810. The van der Waals surface area contributed by atoms with E-state index < -0.39 is 0 Å². The predicted octanol–water partition coefficient (Wildman–Crippen LogP) is 3.00. The van der Waals surface area contributed by atoms with Crippen molar-refractivity contribution in [3.63, 3.8) is 0 Å². The maximum absolute atomic E-state index is 12.3. The largest absolute Gasteiger partial charge is 0.341 e. The van der Waals surface area contributed by atoms with E-state index in [2.05, 4.69) is 43.1 Å². The minimum Gasteiger partial charge on any atom is -0.341 e. The SMILES string of the molecule is Cc1ccccc1CN(C)CC[C@H](N)C(=O)N1CCCCC1.Cl.Cl. The lowest BCUT2D eigenvalue weighted by Gasteiger charge is -2.29. The van der Waals surface area contributed by atoms with Gasteiger partial charge in [-0.15, -0.1) is 24.8 Å². The van der Waals surface area contributed by atoms with Gasteiger partial charge in [-0.2, -0.15) is 0 Å². The fraction of sp³-hybridized carbons (Fsp3) is 0.611. The van der Waals surface area contributed by atoms with Gasteiger partial charge in [0, 0.05) is 26.2 Å². The quantitative estimate of drug-likeness (QED) is 0.831. The van der Waals surface area contributed by atoms with E-state index in [1.54, 1.807) is 0 Å². The lowest BCUT2D eigenvalue weighted by atomic mass is 10.1. The number of hydrogen-bond donors (Lipinski definition) is 1.